The number of allylic oxidation sites excluding steroid dienone is 2. The van der Waals surface area contributed by atoms with Crippen molar-refractivity contribution in [2.45, 2.75) is 6.42 Å². The Bertz CT molecular complexity index is 544. The molecular formula is C15H19ClN2O4. The van der Waals surface area contributed by atoms with E-state index in [0.29, 0.717) is 0 Å². The van der Waals surface area contributed by atoms with Crippen molar-refractivity contribution in [2.24, 2.45) is 0 Å². The van der Waals surface area contributed by atoms with Crippen LogP contribution < -0.4 is 23.5 Å². The molecule has 2 rings (SSSR count). The summed E-state index contributed by atoms with van der Waals surface area (Å²) in [6, 6.07) is 10.4. The van der Waals surface area contributed by atoms with E-state index in [2.05, 4.69) is 72.4 Å². The summed E-state index contributed by atoms with van der Waals surface area (Å²) in [5.41, 5.74) is 2.59. The molecule has 0 saturated heterocycles. The van der Waals surface area contributed by atoms with Gasteiger partial charge in [-0.3, -0.25) is 0 Å². The van der Waals surface area contributed by atoms with Gasteiger partial charge >= 0.3 is 0 Å². The first-order valence-corrected chi connectivity index (χ1v) is 7.81. The molecule has 0 aromatic heterocycles. The van der Waals surface area contributed by atoms with Crippen LogP contribution in [0.2, 0.25) is 0 Å². The topological polar surface area (TPSA) is 98.5 Å². The zero-order valence-corrected chi connectivity index (χ0v) is 13.3. The molecule has 1 aromatic carbocycles. The van der Waals surface area contributed by atoms with Gasteiger partial charge < -0.3 is 4.90 Å². The van der Waals surface area contributed by atoms with Gasteiger partial charge in [0.1, 0.15) is 13.6 Å². The maximum atomic E-state index is 8.49. The van der Waals surface area contributed by atoms with Crippen molar-refractivity contribution >= 4 is 11.9 Å². The second kappa shape index (κ2) is 8.67. The number of rotatable bonds is 3. The minimum absolute atomic E-state index is 1.10. The second-order valence-electron chi connectivity index (χ2n) is 4.76. The summed E-state index contributed by atoms with van der Waals surface area (Å²) in [5, 5.41) is 0. The van der Waals surface area contributed by atoms with E-state index in [1.165, 1.54) is 11.3 Å². The van der Waals surface area contributed by atoms with E-state index in [0.717, 1.165) is 13.0 Å². The van der Waals surface area contributed by atoms with Gasteiger partial charge in [0.05, 0.1) is 0 Å². The fourth-order valence-corrected chi connectivity index (χ4v) is 1.78. The Kier molecular flexibility index (Phi) is 7.23. The molecule has 0 bridgehead atoms. The van der Waals surface area contributed by atoms with Crippen molar-refractivity contribution in [2.75, 3.05) is 25.5 Å². The number of anilines is 1. The minimum Gasteiger partial charge on any atom is -0.351 e. The van der Waals surface area contributed by atoms with Crippen LogP contribution in [0.15, 0.2) is 54.3 Å². The highest BCUT2D eigenvalue weighted by Crippen LogP contribution is 2.13. The summed E-state index contributed by atoms with van der Waals surface area (Å²) in [7, 11) is -0.766. The van der Waals surface area contributed by atoms with Crippen LogP contribution >= 0.6 is 0 Å². The Labute approximate surface area is 132 Å². The molecule has 0 aliphatic carbocycles. The van der Waals surface area contributed by atoms with E-state index in [9.17, 15) is 0 Å². The van der Waals surface area contributed by atoms with Gasteiger partial charge in [0.2, 0.25) is 0 Å². The molecule has 0 radical (unpaired) electrons. The normalized spacial score (nSPS) is 14.8. The quantitative estimate of drug-likeness (QED) is 0.594. The van der Waals surface area contributed by atoms with Crippen molar-refractivity contribution in [3.8, 4) is 0 Å². The predicted molar refractivity (Wildman–Crippen MR) is 73.8 cm³/mol. The lowest BCUT2D eigenvalue weighted by Gasteiger charge is -2.17. The molecule has 1 heterocycles. The average Bonchev–Trinajstić information content (AvgIpc) is 2.45. The Morgan fingerprint density at radius 2 is 1.73 bits per heavy atom. The second-order valence-corrected chi connectivity index (χ2v) is 5.52. The molecule has 0 spiro atoms. The highest BCUT2D eigenvalue weighted by Gasteiger charge is 2.04. The van der Waals surface area contributed by atoms with Gasteiger partial charge in [-0.25, -0.2) is 23.2 Å². The van der Waals surface area contributed by atoms with Crippen LogP contribution in [0.3, 0.4) is 0 Å². The summed E-state index contributed by atoms with van der Waals surface area (Å²) in [6.07, 6.45) is 9.74. The van der Waals surface area contributed by atoms with Crippen molar-refractivity contribution in [1.82, 2.24) is 0 Å². The molecule has 0 unspecified atom stereocenters. The maximum absolute atomic E-state index is 8.49. The molecule has 0 fully saturated rings. The lowest BCUT2D eigenvalue weighted by molar-refractivity contribution is -2.00. The lowest BCUT2D eigenvalue weighted by atomic mass is 10.1. The van der Waals surface area contributed by atoms with Crippen LogP contribution in [-0.2, 0) is 0 Å². The predicted octanol–water partition coefficient (Wildman–Crippen LogP) is -2.08. The third-order valence-electron chi connectivity index (χ3n) is 2.97. The third-order valence-corrected chi connectivity index (χ3v) is 2.97. The largest absolute Gasteiger partial charge is 0.351 e. The molecule has 0 N–H and O–H groups in total. The van der Waals surface area contributed by atoms with E-state index in [1.807, 2.05) is 6.07 Å². The molecule has 120 valence electrons. The summed E-state index contributed by atoms with van der Waals surface area (Å²) >= 11 is 0. The molecule has 7 heteroatoms. The molecule has 6 nitrogen and oxygen atoms in total. The molecule has 22 heavy (non-hydrogen) atoms. The van der Waals surface area contributed by atoms with Gasteiger partial charge in [-0.1, -0.05) is 18.2 Å². The van der Waals surface area contributed by atoms with Crippen LogP contribution in [0.25, 0.3) is 0 Å². The number of halogens is 1. The SMILES string of the molecule is CN(/C=C/C1=CC=[N+](C)CC1)c1ccccc1.[O-][Cl+3]([O-])([O-])[O-]. The van der Waals surface area contributed by atoms with E-state index in [1.54, 1.807) is 0 Å². The Morgan fingerprint density at radius 3 is 2.23 bits per heavy atom. The first kappa shape index (κ1) is 18.3. The van der Waals surface area contributed by atoms with Crippen LogP contribution in [0.1, 0.15) is 6.42 Å². The van der Waals surface area contributed by atoms with E-state index in [-0.39, 0.29) is 0 Å². The number of nitrogens with zero attached hydrogens (tertiary/aromatic N) is 2. The van der Waals surface area contributed by atoms with Crippen LogP contribution in [0, 0.1) is 10.2 Å². The minimum atomic E-state index is -4.94. The fraction of sp³-hybridized carbons (Fsp3) is 0.267. The van der Waals surface area contributed by atoms with Gasteiger partial charge in [-0.05, 0) is 23.8 Å². The molecule has 0 atom stereocenters. The van der Waals surface area contributed by atoms with Crippen LogP contribution in [-0.4, -0.2) is 31.4 Å². The van der Waals surface area contributed by atoms with Crippen LogP contribution in [0.4, 0.5) is 5.69 Å². The van der Waals surface area contributed by atoms with Gasteiger partial charge in [-0.2, -0.15) is 0 Å². The summed E-state index contributed by atoms with van der Waals surface area (Å²) in [4.78, 5) is 2.14. The molecular weight excluding hydrogens is 308 g/mol. The Hall–Kier alpha value is -1.70. The zero-order valence-electron chi connectivity index (χ0n) is 12.5. The monoisotopic (exact) mass is 326 g/mol. The fourth-order valence-electron chi connectivity index (χ4n) is 1.78. The number of benzene rings is 1. The zero-order chi connectivity index (χ0) is 16.6. The Morgan fingerprint density at radius 1 is 1.14 bits per heavy atom. The standard InChI is InChI=1S/C15H19N2.ClHO4/c1-16-11-8-14(9-12-16)10-13-17(2)15-6-4-3-5-7-15;2-1(3,4)5/h3-8,10-11,13H,9,12H2,1-2H3;(H,2,3,4,5)/q+1;/p-1. The van der Waals surface area contributed by atoms with Crippen LogP contribution in [0.5, 0.6) is 0 Å². The van der Waals surface area contributed by atoms with Gasteiger partial charge in [0.15, 0.2) is 6.21 Å². The molecule has 0 saturated carbocycles. The first-order chi connectivity index (χ1) is 10.3. The van der Waals surface area contributed by atoms with E-state index >= 15 is 0 Å². The highest BCUT2D eigenvalue weighted by molar-refractivity contribution is 5.69. The van der Waals surface area contributed by atoms with Crippen molar-refractivity contribution in [1.29, 1.82) is 0 Å². The third kappa shape index (κ3) is 8.56. The maximum Gasteiger partial charge on any atom is 0.163 e. The Balaban J connectivity index is 0.000000422. The van der Waals surface area contributed by atoms with Gasteiger partial charge in [0.25, 0.3) is 0 Å². The molecule has 1 aliphatic rings. The average molecular weight is 327 g/mol. The number of hydrogen-bond acceptors (Lipinski definition) is 5. The smallest absolute Gasteiger partial charge is 0.163 e. The van der Waals surface area contributed by atoms with Crippen molar-refractivity contribution in [3.05, 3.63) is 54.3 Å². The molecule has 0 amide bonds. The number of hydrogen-bond donors (Lipinski definition) is 0. The van der Waals surface area contributed by atoms with Crippen molar-refractivity contribution < 1.29 is 33.5 Å². The van der Waals surface area contributed by atoms with E-state index < -0.39 is 10.2 Å². The summed E-state index contributed by atoms with van der Waals surface area (Å²) in [6.45, 7) is 1.10. The highest BCUT2D eigenvalue weighted by atomic mass is 35.7. The van der Waals surface area contributed by atoms with Gasteiger partial charge in [0, 0.05) is 31.4 Å². The van der Waals surface area contributed by atoms with Gasteiger partial charge in [-0.15, -0.1) is 10.2 Å². The lowest BCUT2D eigenvalue weighted by Crippen LogP contribution is -2.68. The summed E-state index contributed by atoms with van der Waals surface area (Å²) < 4.78 is 36.2. The molecule has 1 aromatic rings. The van der Waals surface area contributed by atoms with E-state index in [4.69, 9.17) is 18.6 Å². The number of para-hydroxylation sites is 1. The molecule has 1 aliphatic heterocycles. The van der Waals surface area contributed by atoms with Crippen molar-refractivity contribution in [3.63, 3.8) is 0 Å². The summed E-state index contributed by atoms with van der Waals surface area (Å²) in [5.74, 6) is 0. The first-order valence-electron chi connectivity index (χ1n) is 6.58.